The summed E-state index contributed by atoms with van der Waals surface area (Å²) < 4.78 is 0. The highest BCUT2D eigenvalue weighted by molar-refractivity contribution is 7.56. The lowest BCUT2D eigenvalue weighted by atomic mass is 9.84. The lowest BCUT2D eigenvalue weighted by Crippen LogP contribution is -2.24. The molecule has 1 aliphatic heterocycles. The van der Waals surface area contributed by atoms with Gasteiger partial charge in [0, 0.05) is 11.3 Å². The Bertz CT molecular complexity index is 949. The Morgan fingerprint density at radius 1 is 0.700 bits per heavy atom. The van der Waals surface area contributed by atoms with E-state index < -0.39 is 0 Å². The fourth-order valence-electron chi connectivity index (χ4n) is 5.34. The van der Waals surface area contributed by atoms with Gasteiger partial charge in [-0.2, -0.15) is 0 Å². The number of nitrogens with one attached hydrogen (secondary N) is 1. The standard InChI is InChI=1S/C28H34NP/c1-19-11-13-25(21(3)15-19)27-17-24(23-9-7-6-8-10-23)18-28(30(27)29-5)26-14-12-20(2)16-22(26)4/h6-16,24,27-29H,17-18H2,1-5H3. The van der Waals surface area contributed by atoms with E-state index in [1.807, 2.05) is 0 Å². The Kier molecular flexibility index (Phi) is 6.42. The van der Waals surface area contributed by atoms with Crippen LogP contribution in [0.1, 0.15) is 69.0 Å². The summed E-state index contributed by atoms with van der Waals surface area (Å²) >= 11 is 0. The summed E-state index contributed by atoms with van der Waals surface area (Å²) in [6.45, 7) is 8.99. The molecule has 0 aromatic heterocycles. The third kappa shape index (κ3) is 4.25. The van der Waals surface area contributed by atoms with E-state index in [2.05, 4.69) is 107 Å². The van der Waals surface area contributed by atoms with Gasteiger partial charge in [-0.25, -0.2) is 0 Å². The normalized spacial score (nSPS) is 24.0. The van der Waals surface area contributed by atoms with Gasteiger partial charge < -0.3 is 0 Å². The van der Waals surface area contributed by atoms with Crippen LogP contribution in [-0.2, 0) is 0 Å². The monoisotopic (exact) mass is 415 g/mol. The van der Waals surface area contributed by atoms with Gasteiger partial charge in [-0.3, -0.25) is 5.09 Å². The third-order valence-electron chi connectivity index (χ3n) is 6.78. The molecule has 0 aliphatic carbocycles. The van der Waals surface area contributed by atoms with E-state index in [0.717, 1.165) is 0 Å². The maximum absolute atomic E-state index is 3.82. The molecule has 0 radical (unpaired) electrons. The summed E-state index contributed by atoms with van der Waals surface area (Å²) in [5.41, 5.74) is 11.3. The Morgan fingerprint density at radius 2 is 1.20 bits per heavy atom. The van der Waals surface area contributed by atoms with Gasteiger partial charge in [0.05, 0.1) is 0 Å². The summed E-state index contributed by atoms with van der Waals surface area (Å²) in [4.78, 5) is 0. The van der Waals surface area contributed by atoms with Gasteiger partial charge in [0.15, 0.2) is 0 Å². The highest BCUT2D eigenvalue weighted by Crippen LogP contribution is 2.68. The van der Waals surface area contributed by atoms with Crippen molar-refractivity contribution < 1.29 is 0 Å². The van der Waals surface area contributed by atoms with Crippen LogP contribution < -0.4 is 5.09 Å². The molecule has 1 nitrogen and oxygen atoms in total. The van der Waals surface area contributed by atoms with Gasteiger partial charge in [0.1, 0.15) is 0 Å². The zero-order chi connectivity index (χ0) is 21.3. The molecule has 0 amide bonds. The van der Waals surface area contributed by atoms with Crippen LogP contribution in [0.15, 0.2) is 66.7 Å². The van der Waals surface area contributed by atoms with Crippen molar-refractivity contribution in [2.24, 2.45) is 0 Å². The van der Waals surface area contributed by atoms with Crippen LogP contribution in [0.4, 0.5) is 0 Å². The number of aryl methyl sites for hydroxylation is 4. The lowest BCUT2D eigenvalue weighted by molar-refractivity contribution is 0.521. The minimum atomic E-state index is -0.368. The SMILES string of the molecule is CNP1C(c2ccc(C)cc2C)CC(c2ccccc2)CC1c1ccc(C)cc1C. The Balaban J connectivity index is 1.81. The van der Waals surface area contributed by atoms with Crippen molar-refractivity contribution in [3.63, 3.8) is 0 Å². The molecule has 1 fully saturated rings. The zero-order valence-corrected chi connectivity index (χ0v) is 19.8. The second-order valence-corrected chi connectivity index (χ2v) is 11.5. The first-order valence-corrected chi connectivity index (χ1v) is 12.6. The largest absolute Gasteiger partial charge is 0.298 e. The van der Waals surface area contributed by atoms with Crippen molar-refractivity contribution >= 4 is 8.07 Å². The van der Waals surface area contributed by atoms with Crippen molar-refractivity contribution in [3.8, 4) is 0 Å². The highest BCUT2D eigenvalue weighted by Gasteiger charge is 2.40. The molecule has 1 N–H and O–H groups in total. The van der Waals surface area contributed by atoms with E-state index in [0.29, 0.717) is 17.2 Å². The number of hydrogen-bond acceptors (Lipinski definition) is 1. The summed E-state index contributed by atoms with van der Waals surface area (Å²) in [5.74, 6) is 0.592. The maximum atomic E-state index is 3.82. The predicted molar refractivity (Wildman–Crippen MR) is 132 cm³/mol. The van der Waals surface area contributed by atoms with Crippen molar-refractivity contribution in [3.05, 3.63) is 106 Å². The van der Waals surface area contributed by atoms with E-state index in [4.69, 9.17) is 0 Å². The predicted octanol–water partition coefficient (Wildman–Crippen LogP) is 7.90. The molecule has 3 aromatic rings. The van der Waals surface area contributed by atoms with Gasteiger partial charge >= 0.3 is 0 Å². The zero-order valence-electron chi connectivity index (χ0n) is 18.9. The minimum Gasteiger partial charge on any atom is -0.298 e. The quantitative estimate of drug-likeness (QED) is 0.427. The van der Waals surface area contributed by atoms with E-state index in [9.17, 15) is 0 Å². The van der Waals surface area contributed by atoms with E-state index in [1.165, 1.54) is 51.8 Å². The van der Waals surface area contributed by atoms with Crippen LogP contribution in [-0.4, -0.2) is 7.05 Å². The number of benzene rings is 3. The van der Waals surface area contributed by atoms with Crippen LogP contribution in [0.2, 0.25) is 0 Å². The molecule has 1 heterocycles. The van der Waals surface area contributed by atoms with Crippen molar-refractivity contribution in [1.29, 1.82) is 0 Å². The molecule has 1 aliphatic rings. The summed E-state index contributed by atoms with van der Waals surface area (Å²) in [5, 5.41) is 3.82. The maximum Gasteiger partial charge on any atom is 0.0186 e. The molecule has 2 atom stereocenters. The molecule has 156 valence electrons. The Labute approximate surface area is 183 Å². The van der Waals surface area contributed by atoms with Gasteiger partial charge in [-0.15, -0.1) is 0 Å². The lowest BCUT2D eigenvalue weighted by Gasteiger charge is -2.44. The second-order valence-electron chi connectivity index (χ2n) is 8.96. The van der Waals surface area contributed by atoms with Gasteiger partial charge in [0.2, 0.25) is 0 Å². The van der Waals surface area contributed by atoms with E-state index in [-0.39, 0.29) is 8.07 Å². The second kappa shape index (κ2) is 9.04. The molecular weight excluding hydrogens is 381 g/mol. The molecule has 0 bridgehead atoms. The first kappa shape index (κ1) is 21.3. The average Bonchev–Trinajstić information content (AvgIpc) is 2.73. The van der Waals surface area contributed by atoms with E-state index in [1.54, 1.807) is 0 Å². The fraction of sp³-hybridized carbons (Fsp3) is 0.357. The number of rotatable bonds is 4. The number of hydrogen-bond donors (Lipinski definition) is 1. The molecular formula is C28H34NP. The highest BCUT2D eigenvalue weighted by atomic mass is 31.1. The molecule has 1 saturated heterocycles. The van der Waals surface area contributed by atoms with Crippen LogP contribution in [0.5, 0.6) is 0 Å². The molecule has 0 spiro atoms. The molecule has 30 heavy (non-hydrogen) atoms. The fourth-order valence-corrected chi connectivity index (χ4v) is 8.54. The molecule has 2 unspecified atom stereocenters. The third-order valence-corrected chi connectivity index (χ3v) is 9.62. The van der Waals surface area contributed by atoms with Crippen molar-refractivity contribution in [2.45, 2.75) is 57.8 Å². The van der Waals surface area contributed by atoms with Crippen LogP contribution in [0, 0.1) is 27.7 Å². The van der Waals surface area contributed by atoms with Crippen LogP contribution in [0.3, 0.4) is 0 Å². The van der Waals surface area contributed by atoms with E-state index >= 15 is 0 Å². The summed E-state index contributed by atoms with van der Waals surface area (Å²) in [6, 6.07) is 25.3. The van der Waals surface area contributed by atoms with Crippen LogP contribution in [0.25, 0.3) is 0 Å². The summed E-state index contributed by atoms with van der Waals surface area (Å²) in [7, 11) is 1.81. The minimum absolute atomic E-state index is 0.368. The topological polar surface area (TPSA) is 12.0 Å². The van der Waals surface area contributed by atoms with Crippen molar-refractivity contribution in [2.75, 3.05) is 7.05 Å². The molecule has 2 heteroatoms. The first-order chi connectivity index (χ1) is 14.5. The van der Waals surface area contributed by atoms with Gasteiger partial charge in [-0.1, -0.05) is 77.9 Å². The summed E-state index contributed by atoms with van der Waals surface area (Å²) in [6.07, 6.45) is 2.45. The molecule has 4 rings (SSSR count). The molecule has 0 saturated carbocycles. The Hall–Kier alpha value is -1.95. The Morgan fingerprint density at radius 3 is 1.63 bits per heavy atom. The smallest absolute Gasteiger partial charge is 0.0186 e. The average molecular weight is 416 g/mol. The van der Waals surface area contributed by atoms with Crippen molar-refractivity contribution in [1.82, 2.24) is 5.09 Å². The molecule has 3 aromatic carbocycles. The van der Waals surface area contributed by atoms with Gasteiger partial charge in [-0.05, 0) is 89.4 Å². The van der Waals surface area contributed by atoms with Gasteiger partial charge in [0.25, 0.3) is 0 Å². The van der Waals surface area contributed by atoms with Crippen LogP contribution >= 0.6 is 8.07 Å². The first-order valence-electron chi connectivity index (χ1n) is 11.1.